The summed E-state index contributed by atoms with van der Waals surface area (Å²) in [6, 6.07) is 4.82. The first-order chi connectivity index (χ1) is 9.15. The van der Waals surface area contributed by atoms with Gasteiger partial charge in [-0.3, -0.25) is 0 Å². The lowest BCUT2D eigenvalue weighted by Crippen LogP contribution is -2.15. The summed E-state index contributed by atoms with van der Waals surface area (Å²) in [6.45, 7) is 0.161. The predicted molar refractivity (Wildman–Crippen MR) is 64.6 cm³/mol. The molecule has 0 amide bonds. The zero-order chi connectivity index (χ0) is 13.8. The molecule has 1 heterocycles. The highest BCUT2D eigenvalue weighted by Crippen LogP contribution is 2.20. The first-order valence-corrected chi connectivity index (χ1v) is 5.34. The molecule has 0 bridgehead atoms. The van der Waals surface area contributed by atoms with Gasteiger partial charge in [0.05, 0.1) is 13.7 Å². The van der Waals surface area contributed by atoms with Crippen molar-refractivity contribution in [3.63, 3.8) is 0 Å². The molecule has 0 unspecified atom stereocenters. The van der Waals surface area contributed by atoms with E-state index >= 15 is 0 Å². The monoisotopic (exact) mass is 265 g/mol. The molecule has 1 aromatic heterocycles. The van der Waals surface area contributed by atoms with Crippen molar-refractivity contribution in [2.24, 2.45) is 10.9 Å². The van der Waals surface area contributed by atoms with Crippen molar-refractivity contribution in [2.45, 2.75) is 6.54 Å². The van der Waals surface area contributed by atoms with Gasteiger partial charge in [-0.2, -0.15) is 0 Å². The molecule has 0 aliphatic rings. The van der Waals surface area contributed by atoms with Crippen LogP contribution in [0.2, 0.25) is 0 Å². The van der Waals surface area contributed by atoms with Gasteiger partial charge in [0, 0.05) is 5.56 Å². The molecule has 0 spiro atoms. The molecule has 0 radical (unpaired) electrons. The van der Waals surface area contributed by atoms with Gasteiger partial charge < -0.3 is 15.7 Å². The third kappa shape index (κ3) is 2.62. The van der Waals surface area contributed by atoms with Crippen LogP contribution in [0.15, 0.2) is 29.7 Å². The summed E-state index contributed by atoms with van der Waals surface area (Å²) < 4.78 is 20.2. The Labute approximate surface area is 108 Å². The summed E-state index contributed by atoms with van der Waals surface area (Å²) in [5.41, 5.74) is 5.74. The number of nitrogens with two attached hydrogens (primary N) is 1. The Balaban J connectivity index is 2.24. The van der Waals surface area contributed by atoms with Crippen molar-refractivity contribution in [1.29, 1.82) is 0 Å². The van der Waals surface area contributed by atoms with E-state index in [1.54, 1.807) is 12.1 Å². The summed E-state index contributed by atoms with van der Waals surface area (Å²) in [6.07, 6.45) is 1.37. The average Bonchev–Trinajstić information content (AvgIpc) is 2.89. The quantitative estimate of drug-likeness (QED) is 0.364. The zero-order valence-electron chi connectivity index (χ0n) is 10.1. The number of aromatic nitrogens is 3. The maximum Gasteiger partial charge on any atom is 0.219 e. The standard InChI is InChI=1S/C11H12FN5O2/c1-19-8-4-2-3-7(9(8)12)5-17-6-14-11(15-17)10(13)16-18/h2-4,6,18H,5H2,1H3,(H2,13,16). The summed E-state index contributed by atoms with van der Waals surface area (Å²) in [4.78, 5) is 3.84. The molecule has 0 atom stereocenters. The van der Waals surface area contributed by atoms with Crippen molar-refractivity contribution in [1.82, 2.24) is 14.8 Å². The lowest BCUT2D eigenvalue weighted by molar-refractivity contribution is 0.318. The SMILES string of the molecule is COc1cccc(Cn2cnc(/C(N)=N/O)n2)c1F. The normalized spacial score (nSPS) is 11.6. The largest absolute Gasteiger partial charge is 0.494 e. The van der Waals surface area contributed by atoms with Crippen LogP contribution in [-0.2, 0) is 6.54 Å². The van der Waals surface area contributed by atoms with Crippen molar-refractivity contribution in [3.8, 4) is 5.75 Å². The minimum absolute atomic E-state index is 0.0748. The number of ether oxygens (including phenoxy) is 1. The average molecular weight is 265 g/mol. The molecule has 1 aromatic carbocycles. The van der Waals surface area contributed by atoms with Crippen LogP contribution in [0.4, 0.5) is 4.39 Å². The van der Waals surface area contributed by atoms with Crippen molar-refractivity contribution in [2.75, 3.05) is 7.11 Å². The van der Waals surface area contributed by atoms with E-state index < -0.39 is 5.82 Å². The van der Waals surface area contributed by atoms with Gasteiger partial charge in [-0.05, 0) is 6.07 Å². The third-order valence-corrected chi connectivity index (χ3v) is 2.47. The van der Waals surface area contributed by atoms with Gasteiger partial charge >= 0.3 is 0 Å². The molecule has 100 valence electrons. The minimum Gasteiger partial charge on any atom is -0.494 e. The smallest absolute Gasteiger partial charge is 0.219 e. The van der Waals surface area contributed by atoms with E-state index in [0.717, 1.165) is 0 Å². The summed E-state index contributed by atoms with van der Waals surface area (Å²) >= 11 is 0. The number of halogens is 1. The number of hydrogen-bond acceptors (Lipinski definition) is 5. The fourth-order valence-corrected chi connectivity index (χ4v) is 1.54. The Bertz CT molecular complexity index is 611. The molecule has 0 aliphatic heterocycles. The van der Waals surface area contributed by atoms with Crippen LogP contribution in [0, 0.1) is 5.82 Å². The van der Waals surface area contributed by atoms with Gasteiger partial charge in [-0.15, -0.1) is 5.10 Å². The molecule has 3 N–H and O–H groups in total. The Morgan fingerprint density at radius 1 is 1.58 bits per heavy atom. The number of methoxy groups -OCH3 is 1. The van der Waals surface area contributed by atoms with Gasteiger partial charge in [0.15, 0.2) is 11.6 Å². The van der Waals surface area contributed by atoms with Gasteiger partial charge in [-0.25, -0.2) is 14.1 Å². The molecule has 19 heavy (non-hydrogen) atoms. The number of rotatable bonds is 4. The molecule has 0 fully saturated rings. The first-order valence-electron chi connectivity index (χ1n) is 5.34. The highest BCUT2D eigenvalue weighted by Gasteiger charge is 2.11. The highest BCUT2D eigenvalue weighted by molar-refractivity contribution is 5.93. The fraction of sp³-hybridized carbons (Fsp3) is 0.182. The van der Waals surface area contributed by atoms with Gasteiger partial charge in [0.25, 0.3) is 0 Å². The molecule has 2 rings (SSSR count). The van der Waals surface area contributed by atoms with Gasteiger partial charge in [0.2, 0.25) is 11.7 Å². The summed E-state index contributed by atoms with van der Waals surface area (Å²) in [5.74, 6) is -0.421. The first kappa shape index (κ1) is 12.8. The zero-order valence-corrected chi connectivity index (χ0v) is 10.1. The van der Waals surface area contributed by atoms with Crippen LogP contribution in [0.1, 0.15) is 11.4 Å². The summed E-state index contributed by atoms with van der Waals surface area (Å²) in [5, 5.41) is 15.2. The van der Waals surface area contributed by atoms with Gasteiger partial charge in [0.1, 0.15) is 6.33 Å². The number of benzene rings is 1. The second-order valence-electron chi connectivity index (χ2n) is 3.68. The Morgan fingerprint density at radius 3 is 3.05 bits per heavy atom. The second kappa shape index (κ2) is 5.34. The second-order valence-corrected chi connectivity index (χ2v) is 3.68. The van der Waals surface area contributed by atoms with Crippen molar-refractivity contribution >= 4 is 5.84 Å². The van der Waals surface area contributed by atoms with Crippen LogP contribution in [0.25, 0.3) is 0 Å². The third-order valence-electron chi connectivity index (χ3n) is 2.47. The predicted octanol–water partition coefficient (Wildman–Crippen LogP) is 0.569. The molecular formula is C11H12FN5O2. The van der Waals surface area contributed by atoms with Crippen molar-refractivity contribution in [3.05, 3.63) is 41.7 Å². The van der Waals surface area contributed by atoms with E-state index in [2.05, 4.69) is 15.2 Å². The Hall–Kier alpha value is -2.64. The van der Waals surface area contributed by atoms with Crippen LogP contribution in [-0.4, -0.2) is 32.9 Å². The Morgan fingerprint density at radius 2 is 2.37 bits per heavy atom. The lowest BCUT2D eigenvalue weighted by atomic mass is 10.2. The van der Waals surface area contributed by atoms with Crippen LogP contribution in [0.5, 0.6) is 5.75 Å². The molecule has 8 heteroatoms. The van der Waals surface area contributed by atoms with Gasteiger partial charge in [-0.1, -0.05) is 17.3 Å². The molecule has 2 aromatic rings. The number of hydrogen-bond donors (Lipinski definition) is 2. The summed E-state index contributed by atoms with van der Waals surface area (Å²) in [7, 11) is 1.40. The lowest BCUT2D eigenvalue weighted by Gasteiger charge is -2.06. The Kier molecular flexibility index (Phi) is 3.60. The maximum absolute atomic E-state index is 13.9. The topological polar surface area (TPSA) is 98.6 Å². The van der Waals surface area contributed by atoms with E-state index in [-0.39, 0.29) is 24.0 Å². The molecule has 7 nitrogen and oxygen atoms in total. The maximum atomic E-state index is 13.9. The molecule has 0 saturated carbocycles. The van der Waals surface area contributed by atoms with Crippen LogP contribution < -0.4 is 10.5 Å². The number of amidine groups is 1. The van der Waals surface area contributed by atoms with Crippen LogP contribution in [0.3, 0.4) is 0 Å². The minimum atomic E-state index is -0.453. The molecule has 0 saturated heterocycles. The molecule has 0 aliphatic carbocycles. The highest BCUT2D eigenvalue weighted by atomic mass is 19.1. The number of oxime groups is 1. The molecular weight excluding hydrogens is 253 g/mol. The number of nitrogens with zero attached hydrogens (tertiary/aromatic N) is 4. The van der Waals surface area contributed by atoms with E-state index in [9.17, 15) is 4.39 Å². The van der Waals surface area contributed by atoms with Crippen LogP contribution >= 0.6 is 0 Å². The van der Waals surface area contributed by atoms with E-state index in [1.807, 2.05) is 0 Å². The van der Waals surface area contributed by atoms with Crippen molar-refractivity contribution < 1.29 is 14.3 Å². The van der Waals surface area contributed by atoms with E-state index in [4.69, 9.17) is 15.7 Å². The van der Waals surface area contributed by atoms with E-state index in [1.165, 1.54) is 24.2 Å². The van der Waals surface area contributed by atoms with E-state index in [0.29, 0.717) is 5.56 Å². The fourth-order valence-electron chi connectivity index (χ4n) is 1.54.